The molecule has 0 spiro atoms. The topological polar surface area (TPSA) is 62.7 Å². The molecular weight excluding hydrogens is 520 g/mol. The van der Waals surface area contributed by atoms with Gasteiger partial charge in [-0.2, -0.15) is 0 Å². The van der Waals surface area contributed by atoms with Gasteiger partial charge in [-0.15, -0.1) is 22.7 Å². The van der Waals surface area contributed by atoms with Crippen LogP contribution in [-0.4, -0.2) is 21.8 Å². The van der Waals surface area contributed by atoms with Gasteiger partial charge in [-0.05, 0) is 108 Å². The Morgan fingerprint density at radius 1 is 1.15 bits per heavy atom. The fraction of sp³-hybridized carbons (Fsp3) is 0.440. The Labute approximate surface area is 212 Å². The number of nitrogens with zero attached hydrogens (tertiary/aromatic N) is 2. The number of hydrogen-bond acceptors (Lipinski definition) is 6. The van der Waals surface area contributed by atoms with Crippen molar-refractivity contribution in [2.45, 2.75) is 72.1 Å². The van der Waals surface area contributed by atoms with Crippen LogP contribution in [0.25, 0.3) is 0 Å². The lowest BCUT2D eigenvalue weighted by Crippen LogP contribution is -2.39. The van der Waals surface area contributed by atoms with Gasteiger partial charge in [0, 0.05) is 15.5 Å². The molecular formula is C25H31BrN2O3S2. The zero-order chi connectivity index (χ0) is 24.2. The Morgan fingerprint density at radius 3 is 2.52 bits per heavy atom. The third kappa shape index (κ3) is 6.66. The molecule has 0 radical (unpaired) electrons. The summed E-state index contributed by atoms with van der Waals surface area (Å²) in [5.41, 5.74) is 2.79. The van der Waals surface area contributed by atoms with Gasteiger partial charge in [0.15, 0.2) is 6.23 Å². The van der Waals surface area contributed by atoms with Crippen molar-refractivity contribution in [2.75, 3.05) is 4.90 Å². The van der Waals surface area contributed by atoms with Crippen molar-refractivity contribution >= 4 is 50.5 Å². The molecule has 3 heterocycles. The molecule has 0 aliphatic heterocycles. The second-order valence-electron chi connectivity index (χ2n) is 8.81. The van der Waals surface area contributed by atoms with Crippen LogP contribution in [0, 0.1) is 0 Å². The first-order chi connectivity index (χ1) is 15.6. The Hall–Kier alpha value is -1.74. The highest BCUT2D eigenvalue weighted by atomic mass is 79.9. The van der Waals surface area contributed by atoms with Crippen molar-refractivity contribution in [1.29, 1.82) is 0 Å². The molecule has 33 heavy (non-hydrogen) atoms. The van der Waals surface area contributed by atoms with E-state index in [9.17, 15) is 9.90 Å². The Balaban J connectivity index is 1.87. The SMILES string of the molecule is CCc1csc(C(O)N(C(=O)OC(C)(C)C)c2cc(CCc3scc(CC)c3Br)ccn2)c1. The maximum atomic E-state index is 13.1. The fourth-order valence-electron chi connectivity index (χ4n) is 3.31. The van der Waals surface area contributed by atoms with Gasteiger partial charge in [-0.3, -0.25) is 0 Å². The monoisotopic (exact) mass is 550 g/mol. The third-order valence-corrected chi connectivity index (χ3v) is 8.49. The van der Waals surface area contributed by atoms with Gasteiger partial charge in [0.05, 0.1) is 4.88 Å². The number of aromatic nitrogens is 1. The van der Waals surface area contributed by atoms with Gasteiger partial charge < -0.3 is 9.84 Å². The van der Waals surface area contributed by atoms with E-state index in [1.54, 1.807) is 17.5 Å². The number of aliphatic hydroxyl groups is 1. The highest BCUT2D eigenvalue weighted by Gasteiger charge is 2.31. The zero-order valence-corrected chi connectivity index (χ0v) is 22.9. The first-order valence-electron chi connectivity index (χ1n) is 11.1. The summed E-state index contributed by atoms with van der Waals surface area (Å²) in [6.45, 7) is 9.64. The highest BCUT2D eigenvalue weighted by Crippen LogP contribution is 2.32. The molecule has 5 nitrogen and oxygen atoms in total. The summed E-state index contributed by atoms with van der Waals surface area (Å²) in [5.74, 6) is 0.375. The molecule has 3 aromatic heterocycles. The van der Waals surface area contributed by atoms with Crippen LogP contribution in [0.1, 0.15) is 67.3 Å². The second-order valence-corrected chi connectivity index (χ2v) is 11.5. The van der Waals surface area contributed by atoms with Crippen molar-refractivity contribution in [2.24, 2.45) is 0 Å². The largest absolute Gasteiger partial charge is 0.443 e. The minimum Gasteiger partial charge on any atom is -0.443 e. The van der Waals surface area contributed by atoms with Gasteiger partial charge in [-0.1, -0.05) is 13.8 Å². The van der Waals surface area contributed by atoms with Crippen LogP contribution in [-0.2, 0) is 30.4 Å². The summed E-state index contributed by atoms with van der Waals surface area (Å²) in [7, 11) is 0. The van der Waals surface area contributed by atoms with Gasteiger partial charge in [0.25, 0.3) is 0 Å². The van der Waals surface area contributed by atoms with Crippen molar-refractivity contribution in [3.05, 3.63) is 66.1 Å². The molecule has 0 fully saturated rings. The van der Waals surface area contributed by atoms with E-state index in [1.807, 2.05) is 44.4 Å². The smallest absolute Gasteiger partial charge is 0.418 e. The Kier molecular flexibility index (Phi) is 8.72. The van der Waals surface area contributed by atoms with E-state index in [0.717, 1.165) is 36.8 Å². The van der Waals surface area contributed by atoms with Crippen molar-refractivity contribution in [3.63, 3.8) is 0 Å². The molecule has 1 atom stereocenters. The van der Waals surface area contributed by atoms with Crippen molar-refractivity contribution < 1.29 is 14.6 Å². The predicted molar refractivity (Wildman–Crippen MR) is 140 cm³/mol. The van der Waals surface area contributed by atoms with Gasteiger partial charge in [0.2, 0.25) is 0 Å². The molecule has 0 aliphatic rings. The van der Waals surface area contributed by atoms with Crippen LogP contribution in [0.3, 0.4) is 0 Å². The maximum absolute atomic E-state index is 13.1. The number of thiophene rings is 2. The predicted octanol–water partition coefficient (Wildman–Crippen LogP) is 7.31. The van der Waals surface area contributed by atoms with Gasteiger partial charge >= 0.3 is 6.09 Å². The van der Waals surface area contributed by atoms with E-state index in [1.165, 1.54) is 31.2 Å². The van der Waals surface area contributed by atoms with Crippen LogP contribution in [0.15, 0.2) is 39.6 Å². The van der Waals surface area contributed by atoms with Gasteiger partial charge in [0.1, 0.15) is 11.4 Å². The average Bonchev–Trinajstić information content (AvgIpc) is 3.38. The number of amides is 1. The average molecular weight is 552 g/mol. The highest BCUT2D eigenvalue weighted by molar-refractivity contribution is 9.10. The van der Waals surface area contributed by atoms with E-state index < -0.39 is 17.9 Å². The van der Waals surface area contributed by atoms with Crippen LogP contribution in [0.2, 0.25) is 0 Å². The third-order valence-electron chi connectivity index (χ3n) is 5.12. The van der Waals surface area contributed by atoms with E-state index in [4.69, 9.17) is 4.74 Å². The molecule has 0 saturated heterocycles. The number of rotatable bonds is 8. The van der Waals surface area contributed by atoms with E-state index in [2.05, 4.69) is 40.1 Å². The van der Waals surface area contributed by atoms with Crippen LogP contribution >= 0.6 is 38.6 Å². The molecule has 3 rings (SSSR count). The number of pyridine rings is 1. The maximum Gasteiger partial charge on any atom is 0.418 e. The minimum atomic E-state index is -1.17. The molecule has 0 aromatic carbocycles. The molecule has 0 aliphatic carbocycles. The van der Waals surface area contributed by atoms with Crippen LogP contribution < -0.4 is 4.90 Å². The van der Waals surface area contributed by atoms with Crippen molar-refractivity contribution in [3.8, 4) is 0 Å². The standard InChI is InChI=1S/C25H31BrN2O3S2/c1-6-16-12-20(32-14-16)23(29)28(24(30)31-25(3,4)5)21-13-17(10-11-27-21)8-9-19-22(26)18(7-2)15-33-19/h10-15,23,29H,6-9H2,1-5H3. The number of aliphatic hydroxyl groups excluding tert-OH is 1. The van der Waals surface area contributed by atoms with Crippen molar-refractivity contribution in [1.82, 2.24) is 4.98 Å². The quantitative estimate of drug-likeness (QED) is 0.298. The van der Waals surface area contributed by atoms with Crippen LogP contribution in [0.5, 0.6) is 0 Å². The number of hydrogen-bond donors (Lipinski definition) is 1. The summed E-state index contributed by atoms with van der Waals surface area (Å²) in [6, 6.07) is 5.74. The Bertz CT molecular complexity index is 1090. The molecule has 1 N–H and O–H groups in total. The molecule has 8 heteroatoms. The molecule has 3 aromatic rings. The lowest BCUT2D eigenvalue weighted by Gasteiger charge is -2.29. The summed E-state index contributed by atoms with van der Waals surface area (Å²) >= 11 is 6.91. The van der Waals surface area contributed by atoms with E-state index in [-0.39, 0.29) is 0 Å². The summed E-state index contributed by atoms with van der Waals surface area (Å²) in [4.78, 5) is 20.8. The van der Waals surface area contributed by atoms with Gasteiger partial charge in [-0.25, -0.2) is 14.7 Å². The number of carbonyl (C=O) groups excluding carboxylic acids is 1. The second kappa shape index (κ2) is 11.1. The molecule has 1 amide bonds. The van der Waals surface area contributed by atoms with E-state index >= 15 is 0 Å². The first kappa shape index (κ1) is 25.9. The molecule has 0 bridgehead atoms. The normalized spacial score (nSPS) is 12.6. The summed E-state index contributed by atoms with van der Waals surface area (Å²) < 4.78 is 6.81. The number of anilines is 1. The Morgan fingerprint density at radius 2 is 1.91 bits per heavy atom. The van der Waals surface area contributed by atoms with E-state index in [0.29, 0.717) is 10.7 Å². The fourth-order valence-corrected chi connectivity index (χ4v) is 6.33. The number of halogens is 1. The molecule has 1 unspecified atom stereocenters. The minimum absolute atomic E-state index is 0.375. The summed E-state index contributed by atoms with van der Waals surface area (Å²) in [6.07, 6.45) is 3.43. The lowest BCUT2D eigenvalue weighted by molar-refractivity contribution is 0.0473. The number of aryl methyl sites for hydroxylation is 4. The number of ether oxygens (including phenoxy) is 1. The first-order valence-corrected chi connectivity index (χ1v) is 13.6. The number of carbonyl (C=O) groups is 1. The van der Waals surface area contributed by atoms with Crippen LogP contribution in [0.4, 0.5) is 10.6 Å². The molecule has 0 saturated carbocycles. The lowest BCUT2D eigenvalue weighted by atomic mass is 10.1. The molecule has 178 valence electrons. The zero-order valence-electron chi connectivity index (χ0n) is 19.7. The summed E-state index contributed by atoms with van der Waals surface area (Å²) in [5, 5.41) is 15.4.